The van der Waals surface area contributed by atoms with E-state index in [-0.39, 0.29) is 35.6 Å². The molecule has 1 saturated carbocycles. The van der Waals surface area contributed by atoms with Crippen molar-refractivity contribution >= 4 is 32.3 Å². The summed E-state index contributed by atoms with van der Waals surface area (Å²) in [5, 5.41) is 0. The van der Waals surface area contributed by atoms with E-state index < -0.39 is 18.3 Å². The summed E-state index contributed by atoms with van der Waals surface area (Å²) in [5.74, 6) is 0.963. The van der Waals surface area contributed by atoms with Gasteiger partial charge in [-0.05, 0) is 0 Å². The Kier molecular flexibility index (Phi) is 11.4. The summed E-state index contributed by atoms with van der Waals surface area (Å²) >= 11 is -4.63. The van der Waals surface area contributed by atoms with Crippen LogP contribution in [0, 0.1) is 0 Å². The number of rotatable bonds is 6. The third-order valence-electron chi connectivity index (χ3n) is 12.5. The summed E-state index contributed by atoms with van der Waals surface area (Å²) in [5.41, 5.74) is 12.1. The Hall–Kier alpha value is -1.53. The van der Waals surface area contributed by atoms with Crippen LogP contribution in [0.25, 0.3) is 11.1 Å². The van der Waals surface area contributed by atoms with Gasteiger partial charge in [0.2, 0.25) is 0 Å². The van der Waals surface area contributed by atoms with Gasteiger partial charge in [0.15, 0.2) is 0 Å². The van der Waals surface area contributed by atoms with E-state index in [0.29, 0.717) is 19.1 Å². The summed E-state index contributed by atoms with van der Waals surface area (Å²) < 4.78 is 10.4. The number of hydrogen-bond donors (Lipinski definition) is 0. The van der Waals surface area contributed by atoms with Gasteiger partial charge in [-0.1, -0.05) is 0 Å². The normalized spacial score (nSPS) is 17.2. The molecule has 3 aromatic rings. The second kappa shape index (κ2) is 13.9. The average molecular weight is 765 g/mol. The summed E-state index contributed by atoms with van der Waals surface area (Å²) in [6, 6.07) is 23.0. The Bertz CT molecular complexity index is 1690. The van der Waals surface area contributed by atoms with Crippen LogP contribution in [0.5, 0.6) is 0 Å². The van der Waals surface area contributed by atoms with Gasteiger partial charge in [-0.3, -0.25) is 0 Å². The van der Waals surface area contributed by atoms with Crippen LogP contribution < -0.4 is 3.27 Å². The number of hydrogen-bond acceptors (Lipinski definition) is 0. The first-order valence-corrected chi connectivity index (χ1v) is 25.4. The summed E-state index contributed by atoms with van der Waals surface area (Å²) in [7, 11) is 0. The summed E-state index contributed by atoms with van der Waals surface area (Å²) in [4.78, 5) is 0. The van der Waals surface area contributed by atoms with Gasteiger partial charge >= 0.3 is 284 Å². The van der Waals surface area contributed by atoms with Gasteiger partial charge in [0.05, 0.1) is 0 Å². The zero-order valence-corrected chi connectivity index (χ0v) is 35.6. The van der Waals surface area contributed by atoms with Gasteiger partial charge in [-0.2, -0.15) is 0 Å². The zero-order valence-electron chi connectivity index (χ0n) is 31.5. The van der Waals surface area contributed by atoms with E-state index in [1.807, 2.05) is 0 Å². The summed E-state index contributed by atoms with van der Waals surface area (Å²) in [6.45, 7) is 23.8. The third-order valence-corrected chi connectivity index (χ3v) is 31.9. The molecule has 3 aliphatic carbocycles. The molecular weight excluding hydrogens is 703 g/mol. The van der Waals surface area contributed by atoms with Crippen molar-refractivity contribution in [2.24, 2.45) is 0 Å². The van der Waals surface area contributed by atoms with Gasteiger partial charge in [-0.15, -0.1) is 24.8 Å². The number of benzene rings is 3. The molecule has 0 saturated heterocycles. The van der Waals surface area contributed by atoms with Crippen LogP contribution in [0.2, 0.25) is 3.63 Å². The molecule has 48 heavy (non-hydrogen) atoms. The number of halogens is 2. The van der Waals surface area contributed by atoms with Crippen LogP contribution >= 0.6 is 24.8 Å². The minimum absolute atomic E-state index is 0. The Labute approximate surface area is 306 Å². The van der Waals surface area contributed by atoms with Crippen molar-refractivity contribution in [2.75, 3.05) is 0 Å². The standard InChI is InChI=1S/C21H25.C12H17.C6H11.C5H5.CH2.2ClH.Zr/c1-20(2,3)16-7-9-18-14(12-16)11-15-13-17(21(4,5)6)8-10-19(15)18;1-9(2)11-6-5-7-12(8-11)10(3)4;1-2-4-6-5-3-1;1-2-4-5-3-1;;;;/h7-13H,1-6H3;6-10H,1-4H3;1H,2-6H2;1-3H,4H2;1H2;2*1H;. The van der Waals surface area contributed by atoms with E-state index in [2.05, 4.69) is 142 Å². The first kappa shape index (κ1) is 39.3. The van der Waals surface area contributed by atoms with Crippen molar-refractivity contribution in [3.63, 3.8) is 0 Å². The molecule has 0 atom stereocenters. The van der Waals surface area contributed by atoms with Crippen molar-refractivity contribution < 1.29 is 18.3 Å². The molecule has 0 spiro atoms. The fraction of sp³-hybridized carbons (Fsp3) is 0.489. The topological polar surface area (TPSA) is 0 Å². The molecule has 0 amide bonds. The molecule has 3 aliphatic rings. The van der Waals surface area contributed by atoms with Crippen molar-refractivity contribution in [1.29, 1.82) is 0 Å². The van der Waals surface area contributed by atoms with Crippen LogP contribution in [0.1, 0.15) is 157 Å². The monoisotopic (exact) mass is 762 g/mol. The van der Waals surface area contributed by atoms with Gasteiger partial charge in [-0.25, -0.2) is 0 Å². The molecule has 0 N–H and O–H groups in total. The van der Waals surface area contributed by atoms with Gasteiger partial charge in [0.1, 0.15) is 0 Å². The first-order chi connectivity index (χ1) is 21.5. The molecule has 0 heterocycles. The van der Waals surface area contributed by atoms with Crippen molar-refractivity contribution in [1.82, 2.24) is 0 Å². The van der Waals surface area contributed by atoms with E-state index in [4.69, 9.17) is 4.21 Å². The van der Waals surface area contributed by atoms with E-state index in [9.17, 15) is 0 Å². The molecule has 0 aliphatic heterocycles. The maximum absolute atomic E-state index is 6.04. The number of fused-ring (bicyclic) bond motifs is 3. The van der Waals surface area contributed by atoms with Gasteiger partial charge in [0.25, 0.3) is 0 Å². The zero-order chi connectivity index (χ0) is 33.3. The molecule has 260 valence electrons. The second-order valence-corrected chi connectivity index (χ2v) is 32.5. The van der Waals surface area contributed by atoms with E-state index in [0.717, 1.165) is 6.42 Å². The van der Waals surface area contributed by atoms with Crippen LogP contribution in [0.15, 0.2) is 76.1 Å². The van der Waals surface area contributed by atoms with E-state index >= 15 is 0 Å². The van der Waals surface area contributed by atoms with Crippen LogP contribution in [-0.2, 0) is 29.1 Å². The van der Waals surface area contributed by atoms with E-state index in [1.54, 1.807) is 17.7 Å². The predicted octanol–water partition coefficient (Wildman–Crippen LogP) is 13.5. The predicted molar refractivity (Wildman–Crippen MR) is 216 cm³/mol. The molecular formula is C45H62Cl2Zr. The van der Waals surface area contributed by atoms with Gasteiger partial charge < -0.3 is 0 Å². The molecule has 0 nitrogen and oxygen atoms in total. The fourth-order valence-electron chi connectivity index (χ4n) is 9.51. The molecule has 6 rings (SSSR count). The van der Waals surface area contributed by atoms with Crippen LogP contribution in [0.3, 0.4) is 0 Å². The molecule has 0 unspecified atom stereocenters. The molecule has 0 bridgehead atoms. The Balaban J connectivity index is 0.00000260. The third kappa shape index (κ3) is 6.30. The summed E-state index contributed by atoms with van der Waals surface area (Å²) in [6.07, 6.45) is 15.1. The van der Waals surface area contributed by atoms with Crippen LogP contribution in [-0.4, -0.2) is 4.21 Å². The number of allylic oxidation sites excluding steroid dienone is 4. The van der Waals surface area contributed by atoms with Crippen molar-refractivity contribution in [3.8, 4) is 11.1 Å². The second-order valence-electron chi connectivity index (χ2n) is 18.0. The molecule has 1 fully saturated rings. The maximum atomic E-state index is 6.04. The molecule has 3 aromatic carbocycles. The fourth-order valence-corrected chi connectivity index (χ4v) is 29.8. The molecule has 0 aromatic heterocycles. The quantitative estimate of drug-likeness (QED) is 0.234. The first-order valence-electron chi connectivity index (χ1n) is 18.4. The van der Waals surface area contributed by atoms with Crippen LogP contribution in [0.4, 0.5) is 0 Å². The SMILES string of the molecule is Cl.Cl.[CH2]=[Zr]([C]1=CC=CC1)([c]1cc(C(C)C)cc(C(C)C)c1)([CH]1CCCCC1)[CH]1c2cc(C(C)(C)C)ccc2-c2ccc(C(C)(C)C)cc21. The van der Waals surface area contributed by atoms with Crippen molar-refractivity contribution in [3.05, 3.63) is 109 Å². The molecule has 3 heteroatoms. The van der Waals surface area contributed by atoms with Gasteiger partial charge in [0, 0.05) is 0 Å². The van der Waals surface area contributed by atoms with E-state index in [1.165, 1.54) is 65.5 Å². The molecule has 0 radical (unpaired) electrons. The Morgan fingerprint density at radius 3 is 1.54 bits per heavy atom. The minimum atomic E-state index is -4.63. The van der Waals surface area contributed by atoms with Crippen molar-refractivity contribution in [2.45, 2.75) is 138 Å². The Morgan fingerprint density at radius 2 is 1.15 bits per heavy atom. The Morgan fingerprint density at radius 1 is 0.667 bits per heavy atom. The average Bonchev–Trinajstić information content (AvgIpc) is 3.67.